The molecule has 2 aliphatic rings. The van der Waals surface area contributed by atoms with E-state index in [-0.39, 0.29) is 5.41 Å². The summed E-state index contributed by atoms with van der Waals surface area (Å²) in [5.41, 5.74) is 38.7. The number of rotatable bonds is 13. The van der Waals surface area contributed by atoms with Crippen molar-refractivity contribution < 1.29 is 0 Å². The summed E-state index contributed by atoms with van der Waals surface area (Å²) in [6.07, 6.45) is 4.79. The molecular weight excluding hydrogens is 1540 g/mol. The van der Waals surface area contributed by atoms with Gasteiger partial charge in [0.25, 0.3) is 0 Å². The third-order valence-corrected chi connectivity index (χ3v) is 27.5. The Bertz CT molecular complexity index is 8130. The fourth-order valence-corrected chi connectivity index (χ4v) is 21.3. The van der Waals surface area contributed by atoms with E-state index < -0.39 is 5.41 Å². The summed E-state index contributed by atoms with van der Waals surface area (Å²) in [5.74, 6) is 0. The molecule has 0 radical (unpaired) electrons. The zero-order valence-corrected chi connectivity index (χ0v) is 71.1. The molecule has 2 aromatic heterocycles. The summed E-state index contributed by atoms with van der Waals surface area (Å²) >= 11 is 0. The van der Waals surface area contributed by atoms with Gasteiger partial charge in [-0.15, -0.1) is 0 Å². The van der Waals surface area contributed by atoms with Gasteiger partial charge in [-0.2, -0.15) is 0 Å². The molecular formula is C126H86N2. The molecule has 23 aromatic rings. The topological polar surface area (TPSA) is 9.86 Å². The Labute approximate surface area is 746 Å². The molecule has 2 aliphatic carbocycles. The molecule has 0 saturated carbocycles. The molecule has 0 spiro atoms. The smallest absolute Gasteiger partial charge is 0.0714 e. The van der Waals surface area contributed by atoms with Crippen LogP contribution in [0.1, 0.15) is 47.2 Å². The SMILES string of the molecule is CC1(C)c2ccccc2-c2ccc(-n3cc(-c4cc(-c5ccccc5)cc(-c5ccccc5)c4)c4cc(-c5cc(-c6ccccc6)cc(-c6ccccc6)c5)ccc43)cc21.c1ccc(-c2ccc3c(c2)C(c2ccccc2)(c2ccccc2)c2cc(-n4cc(-c5cc6ccccc6c6ccccc56)c5cc(-c6cc7ccccc7c7ccccc67)ccc54)ccc2-3)cc1. The zero-order valence-electron chi connectivity index (χ0n) is 71.1. The van der Waals surface area contributed by atoms with Crippen LogP contribution in [0.2, 0.25) is 0 Å². The van der Waals surface area contributed by atoms with Gasteiger partial charge < -0.3 is 9.13 Å². The third kappa shape index (κ3) is 12.7. The van der Waals surface area contributed by atoms with Gasteiger partial charge in [0.1, 0.15) is 0 Å². The van der Waals surface area contributed by atoms with Gasteiger partial charge in [0, 0.05) is 51.1 Å². The summed E-state index contributed by atoms with van der Waals surface area (Å²) in [6, 6.07) is 175. The van der Waals surface area contributed by atoms with E-state index in [4.69, 9.17) is 0 Å². The van der Waals surface area contributed by atoms with E-state index in [1.807, 2.05) is 0 Å². The van der Waals surface area contributed by atoms with Crippen LogP contribution in [0.25, 0.3) is 199 Å². The van der Waals surface area contributed by atoms with Crippen molar-refractivity contribution in [3.63, 3.8) is 0 Å². The summed E-state index contributed by atoms with van der Waals surface area (Å²) in [4.78, 5) is 0. The molecule has 0 unspecified atom stereocenters. The van der Waals surface area contributed by atoms with Gasteiger partial charge in [0.05, 0.1) is 16.4 Å². The van der Waals surface area contributed by atoms with E-state index in [1.165, 1.54) is 221 Å². The molecule has 0 aliphatic heterocycles. The Hall–Kier alpha value is -16.3. The minimum Gasteiger partial charge on any atom is -0.316 e. The highest BCUT2D eigenvalue weighted by atomic mass is 15.0. The average molecular weight is 1630 g/mol. The van der Waals surface area contributed by atoms with Crippen molar-refractivity contribution in [1.29, 1.82) is 0 Å². The van der Waals surface area contributed by atoms with E-state index in [2.05, 4.69) is 509 Å². The first-order chi connectivity index (χ1) is 63.2. The van der Waals surface area contributed by atoms with Gasteiger partial charge >= 0.3 is 0 Å². The number of benzene rings is 21. The molecule has 128 heavy (non-hydrogen) atoms. The van der Waals surface area contributed by atoms with Crippen LogP contribution in [-0.4, -0.2) is 9.13 Å². The number of hydrogen-bond donors (Lipinski definition) is 0. The number of aromatic nitrogens is 2. The average Bonchev–Trinajstić information content (AvgIpc) is 1.52. The van der Waals surface area contributed by atoms with E-state index in [0.29, 0.717) is 0 Å². The first kappa shape index (κ1) is 75.5. The van der Waals surface area contributed by atoms with Gasteiger partial charge in [0.15, 0.2) is 0 Å². The zero-order chi connectivity index (χ0) is 85.0. The lowest BCUT2D eigenvalue weighted by atomic mass is 9.67. The standard InChI is InChI=1S/C67H43N.C59H43N/c1-4-18-44(19-5-1)45-32-35-58-59-36-34-51(42-65(59)67(64(58)41-45,49-22-6-2-7-23-49)50-24-8-3-9-25-50)68-43-63(61-39-47-21-11-13-27-53(47)55-29-15-17-31-57(55)61)62-40-48(33-37-66(62)68)60-38-46-20-10-12-26-52(46)54-28-14-16-30-56(54)60;1-59(2)56-26-16-15-25-52(56)53-29-28-51(38-57(53)59)60-39-55(50-35-47(42-21-11-5-12-22-42)32-48(36-50)43-23-13-6-14-24-43)54-37-44(27-30-58(54)60)49-33-45(40-17-7-3-8-18-40)31-46(34-49)41-19-9-4-10-20-41/h1-43H;3-39H,1-2H3. The normalized spacial score (nSPS) is 12.7. The molecule has 2 heteroatoms. The Morgan fingerprint density at radius 1 is 0.164 bits per heavy atom. The second-order valence-corrected chi connectivity index (χ2v) is 35.0. The fourth-order valence-electron chi connectivity index (χ4n) is 21.3. The van der Waals surface area contributed by atoms with Crippen LogP contribution in [0.15, 0.2) is 486 Å². The molecule has 2 nitrogen and oxygen atoms in total. The van der Waals surface area contributed by atoms with Crippen molar-refractivity contribution in [3.8, 4) is 134 Å². The largest absolute Gasteiger partial charge is 0.316 e. The summed E-state index contributed by atoms with van der Waals surface area (Å²) in [5, 5.41) is 12.5. The predicted molar refractivity (Wildman–Crippen MR) is 540 cm³/mol. The summed E-state index contributed by atoms with van der Waals surface area (Å²) in [7, 11) is 0. The maximum Gasteiger partial charge on any atom is 0.0714 e. The van der Waals surface area contributed by atoms with E-state index in [0.717, 1.165) is 11.2 Å². The highest BCUT2D eigenvalue weighted by Crippen LogP contribution is 2.59. The first-order valence-electron chi connectivity index (χ1n) is 44.6. The Morgan fingerprint density at radius 3 is 1.00 bits per heavy atom. The lowest BCUT2D eigenvalue weighted by Gasteiger charge is -2.34. The number of hydrogen-bond acceptors (Lipinski definition) is 0. The van der Waals surface area contributed by atoms with E-state index in [1.54, 1.807) is 0 Å². The van der Waals surface area contributed by atoms with Crippen molar-refractivity contribution in [1.82, 2.24) is 9.13 Å². The second-order valence-electron chi connectivity index (χ2n) is 35.0. The molecule has 21 aromatic carbocycles. The minimum atomic E-state index is -0.571. The summed E-state index contributed by atoms with van der Waals surface area (Å²) < 4.78 is 4.87. The number of nitrogens with zero attached hydrogens (tertiary/aromatic N) is 2. The highest BCUT2D eigenvalue weighted by molar-refractivity contribution is 6.18. The van der Waals surface area contributed by atoms with Crippen molar-refractivity contribution in [3.05, 3.63) is 519 Å². The van der Waals surface area contributed by atoms with E-state index in [9.17, 15) is 0 Å². The molecule has 0 amide bonds. The van der Waals surface area contributed by atoms with Gasteiger partial charge in [-0.25, -0.2) is 0 Å². The van der Waals surface area contributed by atoms with Gasteiger partial charge in [-0.05, 0) is 291 Å². The van der Waals surface area contributed by atoms with Crippen molar-refractivity contribution in [2.75, 3.05) is 0 Å². The molecule has 600 valence electrons. The van der Waals surface area contributed by atoms with Crippen LogP contribution in [0.5, 0.6) is 0 Å². The quantitative estimate of drug-likeness (QED) is 0.102. The fraction of sp³-hybridized carbons (Fsp3) is 0.0317. The lowest BCUT2D eigenvalue weighted by Crippen LogP contribution is -2.28. The van der Waals surface area contributed by atoms with Gasteiger partial charge in [0.2, 0.25) is 0 Å². The third-order valence-electron chi connectivity index (χ3n) is 27.5. The van der Waals surface area contributed by atoms with Crippen LogP contribution in [0, 0.1) is 0 Å². The Balaban J connectivity index is 0.000000144. The molecule has 0 atom stereocenters. The molecule has 0 saturated heterocycles. The molecule has 2 heterocycles. The Kier molecular flexibility index (Phi) is 18.2. The van der Waals surface area contributed by atoms with Crippen LogP contribution < -0.4 is 0 Å². The van der Waals surface area contributed by atoms with Crippen molar-refractivity contribution in [2.24, 2.45) is 0 Å². The molecule has 25 rings (SSSR count). The van der Waals surface area contributed by atoms with Crippen molar-refractivity contribution in [2.45, 2.75) is 24.7 Å². The minimum absolute atomic E-state index is 0.101. The second kappa shape index (κ2) is 30.9. The maximum absolute atomic E-state index is 2.49. The first-order valence-corrected chi connectivity index (χ1v) is 44.6. The molecule has 0 bridgehead atoms. The monoisotopic (exact) mass is 1630 g/mol. The Morgan fingerprint density at radius 2 is 0.492 bits per heavy atom. The maximum atomic E-state index is 2.49. The van der Waals surface area contributed by atoms with Crippen LogP contribution in [0.3, 0.4) is 0 Å². The van der Waals surface area contributed by atoms with Crippen LogP contribution in [0.4, 0.5) is 0 Å². The molecule has 0 fully saturated rings. The van der Waals surface area contributed by atoms with Crippen LogP contribution in [-0.2, 0) is 10.8 Å². The number of fused-ring (bicyclic) bond motifs is 14. The lowest BCUT2D eigenvalue weighted by molar-refractivity contribution is 0.660. The predicted octanol–water partition coefficient (Wildman–Crippen LogP) is 33.5. The summed E-state index contributed by atoms with van der Waals surface area (Å²) in [6.45, 7) is 4.72. The van der Waals surface area contributed by atoms with Crippen molar-refractivity contribution >= 4 is 64.9 Å². The highest BCUT2D eigenvalue weighted by Gasteiger charge is 2.47. The van der Waals surface area contributed by atoms with E-state index >= 15 is 0 Å². The van der Waals surface area contributed by atoms with Gasteiger partial charge in [-0.1, -0.05) is 384 Å². The molecule has 0 N–H and O–H groups in total. The van der Waals surface area contributed by atoms with Crippen LogP contribution >= 0.6 is 0 Å². The van der Waals surface area contributed by atoms with Gasteiger partial charge in [-0.3, -0.25) is 0 Å².